The van der Waals surface area contributed by atoms with Crippen molar-refractivity contribution in [3.63, 3.8) is 0 Å². The van der Waals surface area contributed by atoms with Gasteiger partial charge in [0.15, 0.2) is 9.84 Å². The summed E-state index contributed by atoms with van der Waals surface area (Å²) >= 11 is 0. The van der Waals surface area contributed by atoms with E-state index in [0.29, 0.717) is 25.3 Å². The molecular weight excluding hydrogens is 340 g/mol. The number of carbonyl (C=O) groups excluding carboxylic acids is 1. The molecule has 0 aliphatic carbocycles. The van der Waals surface area contributed by atoms with Crippen molar-refractivity contribution in [3.8, 4) is 5.75 Å². The number of nitrogens with one attached hydrogen (secondary N) is 2. The molecule has 0 atom stereocenters. The third-order valence-corrected chi connectivity index (χ3v) is 4.14. The Bertz CT molecular complexity index is 561. The third kappa shape index (κ3) is 9.43. The van der Waals surface area contributed by atoms with E-state index in [1.165, 1.54) is 18.4 Å². The quantitative estimate of drug-likeness (QED) is 0.613. The van der Waals surface area contributed by atoms with Gasteiger partial charge >= 0.3 is 0 Å². The van der Waals surface area contributed by atoms with Crippen molar-refractivity contribution in [2.75, 3.05) is 33.0 Å². The molecule has 0 saturated heterocycles. The predicted molar refractivity (Wildman–Crippen MR) is 93.1 cm³/mol. The highest BCUT2D eigenvalue weighted by atomic mass is 35.5. The molecule has 1 aromatic carbocycles. The number of sulfone groups is 1. The highest BCUT2D eigenvalue weighted by Crippen LogP contribution is 2.16. The fraction of sp³-hybridized carbons (Fsp3) is 0.533. The fourth-order valence-electron chi connectivity index (χ4n) is 1.78. The van der Waals surface area contributed by atoms with Crippen LogP contribution in [-0.2, 0) is 14.6 Å². The monoisotopic (exact) mass is 364 g/mol. The SMILES string of the molecule is CNCCNC(=O)CCCCOc1ccc(S(C)(=O)=O)cc1.Cl. The van der Waals surface area contributed by atoms with E-state index in [1.54, 1.807) is 12.1 Å². The maximum atomic E-state index is 11.4. The average molecular weight is 365 g/mol. The number of rotatable bonds is 10. The van der Waals surface area contributed by atoms with E-state index in [4.69, 9.17) is 4.74 Å². The van der Waals surface area contributed by atoms with E-state index >= 15 is 0 Å². The van der Waals surface area contributed by atoms with Gasteiger partial charge in [0.05, 0.1) is 11.5 Å². The Labute approximate surface area is 144 Å². The molecule has 0 spiro atoms. The zero-order chi connectivity index (χ0) is 16.4. The lowest BCUT2D eigenvalue weighted by molar-refractivity contribution is -0.121. The van der Waals surface area contributed by atoms with E-state index in [1.807, 2.05) is 7.05 Å². The van der Waals surface area contributed by atoms with Crippen LogP contribution in [0.4, 0.5) is 0 Å². The molecule has 0 aliphatic rings. The van der Waals surface area contributed by atoms with Gasteiger partial charge in [0, 0.05) is 25.8 Å². The molecule has 0 aliphatic heterocycles. The first-order valence-corrected chi connectivity index (χ1v) is 9.17. The van der Waals surface area contributed by atoms with Gasteiger partial charge in [-0.3, -0.25) is 4.79 Å². The van der Waals surface area contributed by atoms with Crippen molar-refractivity contribution in [1.82, 2.24) is 10.6 Å². The van der Waals surface area contributed by atoms with Gasteiger partial charge in [0.1, 0.15) is 5.75 Å². The number of carbonyl (C=O) groups is 1. The van der Waals surface area contributed by atoms with Crippen molar-refractivity contribution in [2.45, 2.75) is 24.2 Å². The lowest BCUT2D eigenvalue weighted by atomic mass is 10.2. The minimum absolute atomic E-state index is 0. The molecule has 132 valence electrons. The Kier molecular flexibility index (Phi) is 10.6. The molecule has 0 aromatic heterocycles. The first-order chi connectivity index (χ1) is 10.4. The molecular formula is C15H25ClN2O4S. The van der Waals surface area contributed by atoms with Crippen molar-refractivity contribution in [3.05, 3.63) is 24.3 Å². The van der Waals surface area contributed by atoms with Crippen LogP contribution in [0.5, 0.6) is 5.75 Å². The van der Waals surface area contributed by atoms with Gasteiger partial charge < -0.3 is 15.4 Å². The van der Waals surface area contributed by atoms with Gasteiger partial charge in [-0.25, -0.2) is 8.42 Å². The summed E-state index contributed by atoms with van der Waals surface area (Å²) in [5.74, 6) is 0.679. The second kappa shape index (κ2) is 11.3. The van der Waals surface area contributed by atoms with E-state index in [2.05, 4.69) is 10.6 Å². The average Bonchev–Trinajstić information content (AvgIpc) is 2.47. The normalized spacial score (nSPS) is 10.7. The largest absolute Gasteiger partial charge is 0.494 e. The highest BCUT2D eigenvalue weighted by Gasteiger charge is 2.06. The lowest BCUT2D eigenvalue weighted by Gasteiger charge is -2.07. The van der Waals surface area contributed by atoms with Crippen LogP contribution < -0.4 is 15.4 Å². The summed E-state index contributed by atoms with van der Waals surface area (Å²) in [5.41, 5.74) is 0. The second-order valence-electron chi connectivity index (χ2n) is 5.00. The summed E-state index contributed by atoms with van der Waals surface area (Å²) in [7, 11) is -1.33. The predicted octanol–water partition coefficient (Wildman–Crippen LogP) is 1.40. The maximum Gasteiger partial charge on any atom is 0.220 e. The van der Waals surface area contributed by atoms with Crippen molar-refractivity contribution >= 4 is 28.2 Å². The van der Waals surface area contributed by atoms with Crippen LogP contribution >= 0.6 is 12.4 Å². The first kappa shape index (κ1) is 21.7. The molecule has 0 bridgehead atoms. The van der Waals surface area contributed by atoms with Crippen LogP contribution in [0.25, 0.3) is 0 Å². The molecule has 0 heterocycles. The number of ether oxygens (including phenoxy) is 1. The smallest absolute Gasteiger partial charge is 0.220 e. The molecule has 2 N–H and O–H groups in total. The summed E-state index contributed by atoms with van der Waals surface area (Å²) in [6, 6.07) is 6.33. The number of benzene rings is 1. The van der Waals surface area contributed by atoms with Gasteiger partial charge in [-0.2, -0.15) is 0 Å². The van der Waals surface area contributed by atoms with Crippen LogP contribution in [-0.4, -0.2) is 47.3 Å². The fourth-order valence-corrected chi connectivity index (χ4v) is 2.41. The highest BCUT2D eigenvalue weighted by molar-refractivity contribution is 7.90. The maximum absolute atomic E-state index is 11.4. The third-order valence-electron chi connectivity index (χ3n) is 3.02. The van der Waals surface area contributed by atoms with E-state index in [-0.39, 0.29) is 23.2 Å². The van der Waals surface area contributed by atoms with Gasteiger partial charge in [-0.1, -0.05) is 0 Å². The Morgan fingerprint density at radius 1 is 1.13 bits per heavy atom. The Balaban J connectivity index is 0.00000484. The number of hydrogen-bond acceptors (Lipinski definition) is 5. The summed E-state index contributed by atoms with van der Waals surface area (Å²) in [5, 5.41) is 5.77. The van der Waals surface area contributed by atoms with Crippen LogP contribution in [0.3, 0.4) is 0 Å². The van der Waals surface area contributed by atoms with Crippen LogP contribution in [0, 0.1) is 0 Å². The minimum Gasteiger partial charge on any atom is -0.494 e. The molecule has 1 aromatic rings. The second-order valence-corrected chi connectivity index (χ2v) is 7.02. The number of amides is 1. The number of halogens is 1. The molecule has 1 amide bonds. The van der Waals surface area contributed by atoms with Crippen LogP contribution in [0.1, 0.15) is 19.3 Å². The lowest BCUT2D eigenvalue weighted by Crippen LogP contribution is -2.30. The Morgan fingerprint density at radius 3 is 2.35 bits per heavy atom. The van der Waals surface area contributed by atoms with Crippen molar-refractivity contribution < 1.29 is 17.9 Å². The van der Waals surface area contributed by atoms with Gasteiger partial charge in [0.2, 0.25) is 5.91 Å². The molecule has 0 fully saturated rings. The minimum atomic E-state index is -3.17. The summed E-state index contributed by atoms with van der Waals surface area (Å²) in [6.45, 7) is 1.90. The molecule has 0 radical (unpaired) electrons. The zero-order valence-corrected chi connectivity index (χ0v) is 15.1. The van der Waals surface area contributed by atoms with Gasteiger partial charge in [0.25, 0.3) is 0 Å². The number of hydrogen-bond donors (Lipinski definition) is 2. The molecule has 6 nitrogen and oxygen atoms in total. The summed E-state index contributed by atoms with van der Waals surface area (Å²) in [6.07, 6.45) is 3.19. The standard InChI is InChI=1S/C15H24N2O4S.ClH/c1-16-10-11-17-15(18)5-3-4-12-21-13-6-8-14(9-7-13)22(2,19)20;/h6-9,16H,3-5,10-12H2,1-2H3,(H,17,18);1H. The van der Waals surface area contributed by atoms with Crippen LogP contribution in [0.2, 0.25) is 0 Å². The zero-order valence-electron chi connectivity index (χ0n) is 13.5. The summed E-state index contributed by atoms with van der Waals surface area (Å²) in [4.78, 5) is 11.7. The van der Waals surface area contributed by atoms with Crippen molar-refractivity contribution in [1.29, 1.82) is 0 Å². The van der Waals surface area contributed by atoms with Crippen molar-refractivity contribution in [2.24, 2.45) is 0 Å². The molecule has 0 unspecified atom stereocenters. The molecule has 0 saturated carbocycles. The van der Waals surface area contributed by atoms with E-state index in [9.17, 15) is 13.2 Å². The van der Waals surface area contributed by atoms with Crippen LogP contribution in [0.15, 0.2) is 29.2 Å². The van der Waals surface area contributed by atoms with Gasteiger partial charge in [-0.15, -0.1) is 12.4 Å². The molecule has 1 rings (SSSR count). The summed E-state index contributed by atoms with van der Waals surface area (Å²) < 4.78 is 28.2. The van der Waals surface area contributed by atoms with E-state index < -0.39 is 9.84 Å². The number of likely N-dealkylation sites (N-methyl/N-ethyl adjacent to an activating group) is 1. The van der Waals surface area contributed by atoms with E-state index in [0.717, 1.165) is 19.4 Å². The molecule has 23 heavy (non-hydrogen) atoms. The topological polar surface area (TPSA) is 84.5 Å². The molecule has 8 heteroatoms. The number of unbranched alkanes of at least 4 members (excludes halogenated alkanes) is 1. The Hall–Kier alpha value is -1.31. The van der Waals surface area contributed by atoms with Gasteiger partial charge in [-0.05, 0) is 44.2 Å². The first-order valence-electron chi connectivity index (χ1n) is 7.27. The Morgan fingerprint density at radius 2 is 1.78 bits per heavy atom.